The summed E-state index contributed by atoms with van der Waals surface area (Å²) in [5.74, 6) is 1.97. The second-order valence-electron chi connectivity index (χ2n) is 8.78. The fraction of sp³-hybridized carbons (Fsp3) is 0.783. The molecule has 2 fully saturated rings. The second-order valence-corrected chi connectivity index (χ2v) is 8.78. The molecule has 0 bridgehead atoms. The van der Waals surface area contributed by atoms with E-state index in [-0.39, 0.29) is 5.91 Å². The summed E-state index contributed by atoms with van der Waals surface area (Å²) in [6.45, 7) is 14.0. The van der Waals surface area contributed by atoms with E-state index in [9.17, 15) is 4.79 Å². The van der Waals surface area contributed by atoms with Gasteiger partial charge in [-0.15, -0.1) is 0 Å². The van der Waals surface area contributed by atoms with Gasteiger partial charge in [0.25, 0.3) is 5.91 Å². The van der Waals surface area contributed by atoms with Gasteiger partial charge in [0.2, 0.25) is 0 Å². The van der Waals surface area contributed by atoms with E-state index in [1.165, 1.54) is 12.8 Å². The zero-order valence-corrected chi connectivity index (χ0v) is 18.8. The third-order valence-electron chi connectivity index (χ3n) is 6.66. The van der Waals surface area contributed by atoms with Crippen LogP contribution in [0.1, 0.15) is 54.5 Å². The number of ether oxygens (including phenoxy) is 1. The molecule has 29 heavy (non-hydrogen) atoms. The molecule has 0 saturated carbocycles. The predicted molar refractivity (Wildman–Crippen MR) is 115 cm³/mol. The lowest BCUT2D eigenvalue weighted by atomic mass is 9.95. The quantitative estimate of drug-likeness (QED) is 0.632. The monoisotopic (exact) mass is 405 g/mol. The van der Waals surface area contributed by atoms with Gasteiger partial charge >= 0.3 is 0 Å². The average Bonchev–Trinajstić information content (AvgIpc) is 3.31. The van der Waals surface area contributed by atoms with Crippen LogP contribution in [0.3, 0.4) is 0 Å². The molecule has 0 spiro atoms. The van der Waals surface area contributed by atoms with Crippen LogP contribution in [-0.4, -0.2) is 86.2 Å². The SMILES string of the molecule is CCN1CCCC1CN(CC1CCN(CCOC)CC1)C(=O)c1oc(C)cc1C. The van der Waals surface area contributed by atoms with Crippen molar-refractivity contribution in [3.63, 3.8) is 0 Å². The summed E-state index contributed by atoms with van der Waals surface area (Å²) < 4.78 is 11.0. The maximum Gasteiger partial charge on any atom is 0.289 e. The number of carbonyl (C=O) groups is 1. The molecule has 0 aliphatic carbocycles. The molecule has 2 saturated heterocycles. The van der Waals surface area contributed by atoms with Gasteiger partial charge in [-0.05, 0) is 77.7 Å². The van der Waals surface area contributed by atoms with Gasteiger partial charge in [0.1, 0.15) is 5.76 Å². The van der Waals surface area contributed by atoms with Gasteiger partial charge in [-0.1, -0.05) is 6.92 Å². The minimum Gasteiger partial charge on any atom is -0.456 e. The summed E-state index contributed by atoms with van der Waals surface area (Å²) in [4.78, 5) is 20.5. The highest BCUT2D eigenvalue weighted by molar-refractivity contribution is 5.93. The number of furan rings is 1. The molecule has 164 valence electrons. The van der Waals surface area contributed by atoms with Gasteiger partial charge in [0, 0.05) is 38.3 Å². The fourth-order valence-corrected chi connectivity index (χ4v) is 4.93. The normalized spacial score (nSPS) is 21.7. The van der Waals surface area contributed by atoms with Gasteiger partial charge in [-0.25, -0.2) is 0 Å². The highest BCUT2D eigenvalue weighted by Gasteiger charge is 2.31. The lowest BCUT2D eigenvalue weighted by Gasteiger charge is -2.36. The number of rotatable bonds is 9. The molecule has 3 heterocycles. The Morgan fingerprint density at radius 3 is 2.59 bits per heavy atom. The molecule has 0 radical (unpaired) electrons. The van der Waals surface area contributed by atoms with Crippen molar-refractivity contribution in [1.82, 2.24) is 14.7 Å². The van der Waals surface area contributed by atoms with Crippen LogP contribution in [0, 0.1) is 19.8 Å². The molecule has 0 aromatic carbocycles. The molecule has 6 nitrogen and oxygen atoms in total. The van der Waals surface area contributed by atoms with Crippen LogP contribution >= 0.6 is 0 Å². The van der Waals surface area contributed by atoms with Crippen molar-refractivity contribution in [1.29, 1.82) is 0 Å². The number of methoxy groups -OCH3 is 1. The van der Waals surface area contributed by atoms with Crippen LogP contribution in [0.2, 0.25) is 0 Å². The van der Waals surface area contributed by atoms with Crippen LogP contribution in [0.15, 0.2) is 10.5 Å². The van der Waals surface area contributed by atoms with Gasteiger partial charge in [-0.3, -0.25) is 9.69 Å². The minimum absolute atomic E-state index is 0.0698. The average molecular weight is 406 g/mol. The van der Waals surface area contributed by atoms with Crippen molar-refractivity contribution in [3.05, 3.63) is 23.2 Å². The van der Waals surface area contributed by atoms with Crippen molar-refractivity contribution >= 4 is 5.91 Å². The molecule has 3 rings (SSSR count). The third kappa shape index (κ3) is 5.83. The van der Waals surface area contributed by atoms with E-state index in [0.717, 1.165) is 76.6 Å². The maximum atomic E-state index is 13.4. The Morgan fingerprint density at radius 1 is 1.21 bits per heavy atom. The van der Waals surface area contributed by atoms with Crippen LogP contribution in [-0.2, 0) is 4.74 Å². The van der Waals surface area contributed by atoms with Crippen LogP contribution < -0.4 is 0 Å². The number of aryl methyl sites for hydroxylation is 2. The lowest BCUT2D eigenvalue weighted by molar-refractivity contribution is 0.0585. The van der Waals surface area contributed by atoms with Crippen LogP contribution in [0.4, 0.5) is 0 Å². The van der Waals surface area contributed by atoms with E-state index >= 15 is 0 Å². The zero-order chi connectivity index (χ0) is 20.8. The smallest absolute Gasteiger partial charge is 0.289 e. The highest BCUT2D eigenvalue weighted by atomic mass is 16.5. The summed E-state index contributed by atoms with van der Waals surface area (Å²) in [6, 6.07) is 2.44. The molecule has 2 aliphatic heterocycles. The molecule has 1 unspecified atom stereocenters. The molecular formula is C23H39N3O3. The van der Waals surface area contributed by atoms with Crippen molar-refractivity contribution in [2.45, 2.75) is 52.5 Å². The standard InChI is InChI=1S/C23H39N3O3/c1-5-25-10-6-7-21(25)17-26(23(27)22-18(2)15-19(3)29-22)16-20-8-11-24(12-9-20)13-14-28-4/h15,20-21H,5-14,16-17H2,1-4H3. The number of hydrogen-bond donors (Lipinski definition) is 0. The number of likely N-dealkylation sites (tertiary alicyclic amines) is 2. The Kier molecular flexibility index (Phi) is 8.16. The summed E-state index contributed by atoms with van der Waals surface area (Å²) in [5.41, 5.74) is 0.950. The Balaban J connectivity index is 1.66. The molecule has 0 N–H and O–H groups in total. The van der Waals surface area contributed by atoms with Crippen LogP contribution in [0.25, 0.3) is 0 Å². The summed E-state index contributed by atoms with van der Waals surface area (Å²) in [7, 11) is 1.76. The molecule has 6 heteroatoms. The van der Waals surface area contributed by atoms with Crippen molar-refractivity contribution in [2.75, 3.05) is 59.5 Å². The topological polar surface area (TPSA) is 49.2 Å². The van der Waals surface area contributed by atoms with E-state index in [1.54, 1.807) is 7.11 Å². The van der Waals surface area contributed by atoms with E-state index in [1.807, 2.05) is 19.9 Å². The number of carbonyl (C=O) groups excluding carboxylic acids is 1. The summed E-state index contributed by atoms with van der Waals surface area (Å²) in [6.07, 6.45) is 4.71. The first kappa shape index (κ1) is 22.3. The van der Waals surface area contributed by atoms with Crippen molar-refractivity contribution in [2.24, 2.45) is 5.92 Å². The second kappa shape index (κ2) is 10.6. The van der Waals surface area contributed by atoms with Crippen molar-refractivity contribution < 1.29 is 13.9 Å². The van der Waals surface area contributed by atoms with Gasteiger partial charge < -0.3 is 19.0 Å². The number of likely N-dealkylation sites (N-methyl/N-ethyl adjacent to an activating group) is 1. The number of amides is 1. The van der Waals surface area contributed by atoms with Gasteiger partial charge in [-0.2, -0.15) is 0 Å². The molecule has 1 amide bonds. The zero-order valence-electron chi connectivity index (χ0n) is 18.8. The predicted octanol–water partition coefficient (Wildman–Crippen LogP) is 3.18. The first-order chi connectivity index (χ1) is 14.0. The molecular weight excluding hydrogens is 366 g/mol. The van der Waals surface area contributed by atoms with Crippen LogP contribution in [0.5, 0.6) is 0 Å². The van der Waals surface area contributed by atoms with E-state index in [0.29, 0.717) is 17.7 Å². The first-order valence-corrected chi connectivity index (χ1v) is 11.3. The largest absolute Gasteiger partial charge is 0.456 e. The van der Waals surface area contributed by atoms with Gasteiger partial charge in [0.15, 0.2) is 5.76 Å². The van der Waals surface area contributed by atoms with E-state index < -0.39 is 0 Å². The van der Waals surface area contributed by atoms with Gasteiger partial charge in [0.05, 0.1) is 6.61 Å². The Bertz CT molecular complexity index is 652. The van der Waals surface area contributed by atoms with E-state index in [4.69, 9.17) is 9.15 Å². The van der Waals surface area contributed by atoms with Crippen molar-refractivity contribution in [3.8, 4) is 0 Å². The van der Waals surface area contributed by atoms with E-state index in [2.05, 4.69) is 21.6 Å². The maximum absolute atomic E-state index is 13.4. The molecule has 1 aromatic heterocycles. The lowest BCUT2D eigenvalue weighted by Crippen LogP contribution is -2.46. The Labute approximate surface area is 176 Å². The third-order valence-corrected chi connectivity index (χ3v) is 6.66. The summed E-state index contributed by atoms with van der Waals surface area (Å²) in [5, 5.41) is 0. The number of piperidine rings is 1. The number of nitrogens with zero attached hydrogens (tertiary/aromatic N) is 3. The Hall–Kier alpha value is -1.37. The summed E-state index contributed by atoms with van der Waals surface area (Å²) >= 11 is 0. The minimum atomic E-state index is 0.0698. The number of hydrogen-bond acceptors (Lipinski definition) is 5. The Morgan fingerprint density at radius 2 is 1.97 bits per heavy atom. The molecule has 1 aromatic rings. The fourth-order valence-electron chi connectivity index (χ4n) is 4.93. The first-order valence-electron chi connectivity index (χ1n) is 11.3. The highest BCUT2D eigenvalue weighted by Crippen LogP contribution is 2.24. The molecule has 1 atom stereocenters. The molecule has 2 aliphatic rings.